The molecule has 1 aromatic rings. The monoisotopic (exact) mass is 288 g/mol. The standard InChI is InChI=1S/C13H12N4O2S/c1-2-19-6-3-4-7-8(5-6)9(16-11(7)14)10-12(15)17-13(18)20-10/h3-5H,2H2,1H3,(H2,14,16)(H2,15,17,18)/b10-9+. The summed E-state index contributed by atoms with van der Waals surface area (Å²) < 4.78 is 5.46. The second kappa shape index (κ2) is 4.68. The maximum atomic E-state index is 11.4. The van der Waals surface area contributed by atoms with Gasteiger partial charge in [0.25, 0.3) is 5.24 Å². The second-order valence-electron chi connectivity index (χ2n) is 4.23. The normalized spacial score (nSPS) is 20.8. The van der Waals surface area contributed by atoms with E-state index < -0.39 is 0 Å². The van der Waals surface area contributed by atoms with Crippen LogP contribution in [0, 0.1) is 10.8 Å². The molecule has 20 heavy (non-hydrogen) atoms. The van der Waals surface area contributed by atoms with E-state index in [1.807, 2.05) is 25.1 Å². The molecule has 0 bridgehead atoms. The van der Waals surface area contributed by atoms with Crippen molar-refractivity contribution in [1.82, 2.24) is 10.6 Å². The number of amidine groups is 2. The lowest BCUT2D eigenvalue weighted by molar-refractivity contribution is 0.265. The fourth-order valence-electron chi connectivity index (χ4n) is 2.15. The first-order valence-electron chi connectivity index (χ1n) is 6.05. The fourth-order valence-corrected chi connectivity index (χ4v) is 2.90. The number of nitrogens with one attached hydrogen (secondary N) is 4. The summed E-state index contributed by atoms with van der Waals surface area (Å²) in [5, 5.41) is 20.8. The van der Waals surface area contributed by atoms with Crippen LogP contribution in [0.4, 0.5) is 4.79 Å². The molecule has 102 valence electrons. The van der Waals surface area contributed by atoms with Crippen molar-refractivity contribution in [3.05, 3.63) is 34.2 Å². The number of ether oxygens (including phenoxy) is 1. The van der Waals surface area contributed by atoms with Gasteiger partial charge in [0.2, 0.25) is 0 Å². The molecular weight excluding hydrogens is 276 g/mol. The number of fused-ring (bicyclic) bond motifs is 1. The first-order valence-corrected chi connectivity index (χ1v) is 6.87. The van der Waals surface area contributed by atoms with Crippen LogP contribution in [0.1, 0.15) is 18.1 Å². The Morgan fingerprint density at radius 2 is 2.00 bits per heavy atom. The van der Waals surface area contributed by atoms with Gasteiger partial charge in [0.1, 0.15) is 17.4 Å². The van der Waals surface area contributed by atoms with Gasteiger partial charge in [0.05, 0.1) is 17.2 Å². The number of carbonyl (C=O) groups is 1. The summed E-state index contributed by atoms with van der Waals surface area (Å²) in [6, 6.07) is 5.44. The topological polar surface area (TPSA) is 98.1 Å². The van der Waals surface area contributed by atoms with E-state index in [1.165, 1.54) is 0 Å². The van der Waals surface area contributed by atoms with Crippen molar-refractivity contribution in [2.45, 2.75) is 6.92 Å². The van der Waals surface area contributed by atoms with Crippen LogP contribution < -0.4 is 15.4 Å². The first kappa shape index (κ1) is 12.7. The van der Waals surface area contributed by atoms with Gasteiger partial charge in [-0.3, -0.25) is 15.6 Å². The van der Waals surface area contributed by atoms with Gasteiger partial charge in [-0.05, 0) is 36.9 Å². The highest BCUT2D eigenvalue weighted by Crippen LogP contribution is 2.36. The zero-order chi connectivity index (χ0) is 14.3. The molecule has 0 spiro atoms. The molecule has 0 radical (unpaired) electrons. The number of benzene rings is 1. The average molecular weight is 288 g/mol. The van der Waals surface area contributed by atoms with Crippen molar-refractivity contribution < 1.29 is 9.53 Å². The van der Waals surface area contributed by atoms with E-state index in [2.05, 4.69) is 10.6 Å². The Bertz CT molecular complexity index is 681. The summed E-state index contributed by atoms with van der Waals surface area (Å²) in [6.45, 7) is 2.46. The van der Waals surface area contributed by atoms with Gasteiger partial charge in [0, 0.05) is 11.1 Å². The van der Waals surface area contributed by atoms with Gasteiger partial charge in [0.15, 0.2) is 0 Å². The Morgan fingerprint density at radius 3 is 2.65 bits per heavy atom. The summed E-state index contributed by atoms with van der Waals surface area (Å²) in [7, 11) is 0. The number of hydrogen-bond acceptors (Lipinski definition) is 5. The van der Waals surface area contributed by atoms with E-state index in [-0.39, 0.29) is 16.9 Å². The quantitative estimate of drug-likeness (QED) is 0.670. The zero-order valence-corrected chi connectivity index (χ0v) is 11.5. The van der Waals surface area contributed by atoms with Crippen LogP contribution in [0.2, 0.25) is 0 Å². The molecule has 4 N–H and O–H groups in total. The third kappa shape index (κ3) is 1.96. The van der Waals surface area contributed by atoms with Crippen LogP contribution in [-0.4, -0.2) is 23.5 Å². The molecule has 2 heterocycles. The molecule has 0 aromatic heterocycles. The molecule has 1 aromatic carbocycles. The van der Waals surface area contributed by atoms with E-state index in [0.29, 0.717) is 23.0 Å². The predicted molar refractivity (Wildman–Crippen MR) is 78.3 cm³/mol. The zero-order valence-electron chi connectivity index (χ0n) is 10.7. The lowest BCUT2D eigenvalue weighted by atomic mass is 10.1. The summed E-state index contributed by atoms with van der Waals surface area (Å²) in [6.07, 6.45) is 0. The Morgan fingerprint density at radius 1 is 1.20 bits per heavy atom. The van der Waals surface area contributed by atoms with Gasteiger partial charge in [-0.15, -0.1) is 0 Å². The van der Waals surface area contributed by atoms with Gasteiger partial charge in [-0.2, -0.15) is 0 Å². The van der Waals surface area contributed by atoms with Crippen molar-refractivity contribution in [2.24, 2.45) is 0 Å². The third-order valence-corrected chi connectivity index (χ3v) is 3.87. The van der Waals surface area contributed by atoms with Crippen LogP contribution in [0.5, 0.6) is 5.75 Å². The molecule has 1 amide bonds. The smallest absolute Gasteiger partial charge is 0.289 e. The largest absolute Gasteiger partial charge is 0.494 e. The minimum Gasteiger partial charge on any atom is -0.494 e. The Kier molecular flexibility index (Phi) is 2.98. The van der Waals surface area contributed by atoms with Crippen LogP contribution in [-0.2, 0) is 0 Å². The maximum absolute atomic E-state index is 11.4. The van der Waals surface area contributed by atoms with Crippen molar-refractivity contribution in [3.63, 3.8) is 0 Å². The SMILES string of the molecule is CCOc1ccc2c(c1)/C(=C1\SC(=O)NC1=N)NC2=N. The lowest BCUT2D eigenvalue weighted by Gasteiger charge is -2.07. The summed E-state index contributed by atoms with van der Waals surface area (Å²) in [4.78, 5) is 11.9. The molecular formula is C13H12N4O2S. The highest BCUT2D eigenvalue weighted by atomic mass is 32.2. The van der Waals surface area contributed by atoms with Crippen molar-refractivity contribution >= 4 is 34.4 Å². The van der Waals surface area contributed by atoms with E-state index in [4.69, 9.17) is 15.6 Å². The molecule has 0 unspecified atom stereocenters. The molecule has 0 saturated carbocycles. The molecule has 1 fully saturated rings. The number of amides is 1. The first-order chi connectivity index (χ1) is 9.60. The summed E-state index contributed by atoms with van der Waals surface area (Å²) in [5.41, 5.74) is 2.13. The number of thioether (sulfide) groups is 1. The predicted octanol–water partition coefficient (Wildman–Crippen LogP) is 2.12. The molecule has 0 aliphatic carbocycles. The molecule has 2 aliphatic rings. The average Bonchev–Trinajstić information content (AvgIpc) is 2.90. The van der Waals surface area contributed by atoms with Crippen molar-refractivity contribution in [2.75, 3.05) is 6.61 Å². The van der Waals surface area contributed by atoms with Gasteiger partial charge in [-0.25, -0.2) is 0 Å². The highest BCUT2D eigenvalue weighted by molar-refractivity contribution is 8.18. The summed E-state index contributed by atoms with van der Waals surface area (Å²) in [5.74, 6) is 1.03. The molecule has 2 aliphatic heterocycles. The van der Waals surface area contributed by atoms with Crippen LogP contribution >= 0.6 is 11.8 Å². The molecule has 1 saturated heterocycles. The third-order valence-electron chi connectivity index (χ3n) is 2.97. The Hall–Kier alpha value is -2.28. The Labute approximate surface area is 119 Å². The van der Waals surface area contributed by atoms with Crippen molar-refractivity contribution in [3.8, 4) is 5.75 Å². The van der Waals surface area contributed by atoms with E-state index >= 15 is 0 Å². The summed E-state index contributed by atoms with van der Waals surface area (Å²) >= 11 is 0.961. The van der Waals surface area contributed by atoms with Crippen molar-refractivity contribution in [1.29, 1.82) is 10.8 Å². The molecule has 7 heteroatoms. The number of rotatable bonds is 2. The number of carbonyl (C=O) groups excluding carboxylic acids is 1. The van der Waals surface area contributed by atoms with Crippen LogP contribution in [0.25, 0.3) is 5.70 Å². The Balaban J connectivity index is 2.12. The fraction of sp³-hybridized carbons (Fsp3) is 0.154. The van der Waals surface area contributed by atoms with Crippen LogP contribution in [0.15, 0.2) is 23.1 Å². The van der Waals surface area contributed by atoms with Gasteiger partial charge in [-0.1, -0.05) is 0 Å². The second-order valence-corrected chi connectivity index (χ2v) is 5.22. The van der Waals surface area contributed by atoms with Gasteiger partial charge >= 0.3 is 0 Å². The molecule has 3 rings (SSSR count). The highest BCUT2D eigenvalue weighted by Gasteiger charge is 2.31. The van der Waals surface area contributed by atoms with E-state index in [0.717, 1.165) is 22.9 Å². The van der Waals surface area contributed by atoms with E-state index in [1.54, 1.807) is 0 Å². The number of hydrogen-bond donors (Lipinski definition) is 4. The minimum absolute atomic E-state index is 0.0602. The lowest BCUT2D eigenvalue weighted by Crippen LogP contribution is -2.19. The van der Waals surface area contributed by atoms with Crippen LogP contribution in [0.3, 0.4) is 0 Å². The molecule has 6 nitrogen and oxygen atoms in total. The minimum atomic E-state index is -0.278. The van der Waals surface area contributed by atoms with Gasteiger partial charge < -0.3 is 15.4 Å². The van der Waals surface area contributed by atoms with E-state index in [9.17, 15) is 4.79 Å². The maximum Gasteiger partial charge on any atom is 0.289 e. The molecule has 0 atom stereocenters.